The van der Waals surface area contributed by atoms with E-state index < -0.39 is 11.9 Å². The molecule has 0 aliphatic rings. The molecule has 0 spiro atoms. The van der Waals surface area contributed by atoms with Crippen LogP contribution in [0.2, 0.25) is 0 Å². The zero-order valence-electron chi connectivity index (χ0n) is 6.03. The molecular weight excluding hydrogens is 274 g/mol. The zero-order chi connectivity index (χ0) is 7.15. The summed E-state index contributed by atoms with van der Waals surface area (Å²) in [6.45, 7) is 2.17. The molecule has 0 fully saturated rings. The van der Waals surface area contributed by atoms with Gasteiger partial charge in [-0.25, -0.2) is 0 Å². The topological polar surface area (TPSA) is 74.6 Å². The summed E-state index contributed by atoms with van der Waals surface area (Å²) in [5.41, 5.74) is 0. The zero-order valence-corrected chi connectivity index (χ0v) is 10.1. The molecule has 11 heavy (non-hydrogen) atoms. The smallest absolute Gasteiger partial charge is 0.300 e. The van der Waals surface area contributed by atoms with Crippen molar-refractivity contribution in [2.45, 2.75) is 13.8 Å². The summed E-state index contributed by atoms with van der Waals surface area (Å²) in [6, 6.07) is 0. The molecule has 0 radical (unpaired) electrons. The van der Waals surface area contributed by atoms with E-state index in [0.717, 1.165) is 13.8 Å². The van der Waals surface area contributed by atoms with E-state index in [1.807, 2.05) is 0 Å². The van der Waals surface area contributed by atoms with Crippen molar-refractivity contribution < 1.29 is 46.0 Å². The SMILES string of the molecule is CC(=O)O.CC(=O)O.Cl.Cl.[Zr]. The molecule has 2 N–H and O–H groups in total. The predicted octanol–water partition coefficient (Wildman–Crippen LogP) is 1.02. The normalized spacial score (nSPS) is 4.55. The second-order valence-corrected chi connectivity index (χ2v) is 1.04. The number of carbonyl (C=O) groups is 2. The molecule has 0 aliphatic heterocycles. The van der Waals surface area contributed by atoms with Gasteiger partial charge in [0.15, 0.2) is 0 Å². The van der Waals surface area contributed by atoms with Crippen LogP contribution in [-0.2, 0) is 35.8 Å². The Kier molecular flexibility index (Phi) is 61.4. The third kappa shape index (κ3) is 4520. The van der Waals surface area contributed by atoms with E-state index in [4.69, 9.17) is 19.8 Å². The number of hydrogen-bond donors (Lipinski definition) is 2. The summed E-state index contributed by atoms with van der Waals surface area (Å²) in [5.74, 6) is -1.67. The van der Waals surface area contributed by atoms with Crippen LogP contribution in [0.5, 0.6) is 0 Å². The minimum absolute atomic E-state index is 0. The Morgan fingerprint density at radius 2 is 0.909 bits per heavy atom. The Morgan fingerprint density at radius 3 is 0.909 bits per heavy atom. The molecule has 0 heterocycles. The van der Waals surface area contributed by atoms with E-state index in [-0.39, 0.29) is 51.0 Å². The van der Waals surface area contributed by atoms with Crippen molar-refractivity contribution in [2.24, 2.45) is 0 Å². The molecule has 0 aromatic carbocycles. The number of carboxylic acid groups (broad SMARTS) is 2. The average Bonchev–Trinajstić information content (AvgIpc) is 1.25. The Bertz CT molecular complexity index is 78.1. The van der Waals surface area contributed by atoms with Crippen molar-refractivity contribution in [3.05, 3.63) is 0 Å². The van der Waals surface area contributed by atoms with Gasteiger partial charge in [0.05, 0.1) is 0 Å². The number of carboxylic acids is 2. The van der Waals surface area contributed by atoms with Gasteiger partial charge in [-0.3, -0.25) is 9.59 Å². The monoisotopic (exact) mass is 282 g/mol. The maximum absolute atomic E-state index is 9.00. The van der Waals surface area contributed by atoms with Gasteiger partial charge in [-0.2, -0.15) is 0 Å². The average molecular weight is 284 g/mol. The molecule has 0 saturated heterocycles. The van der Waals surface area contributed by atoms with Crippen molar-refractivity contribution in [1.82, 2.24) is 0 Å². The summed E-state index contributed by atoms with van der Waals surface area (Å²) in [6.07, 6.45) is 0. The van der Waals surface area contributed by atoms with Crippen molar-refractivity contribution in [3.63, 3.8) is 0 Å². The summed E-state index contributed by atoms with van der Waals surface area (Å²) in [4.78, 5) is 18.0. The van der Waals surface area contributed by atoms with Crippen LogP contribution in [0.1, 0.15) is 13.8 Å². The van der Waals surface area contributed by atoms with Gasteiger partial charge in [-0.05, 0) is 0 Å². The van der Waals surface area contributed by atoms with Gasteiger partial charge in [0.1, 0.15) is 0 Å². The van der Waals surface area contributed by atoms with Gasteiger partial charge >= 0.3 is 0 Å². The molecule has 0 aromatic rings. The first-order valence-corrected chi connectivity index (χ1v) is 1.86. The predicted molar refractivity (Wildman–Crippen MR) is 41.1 cm³/mol. The van der Waals surface area contributed by atoms with Gasteiger partial charge in [0, 0.05) is 40.1 Å². The minimum atomic E-state index is -0.833. The second-order valence-electron chi connectivity index (χ2n) is 1.04. The van der Waals surface area contributed by atoms with Crippen molar-refractivity contribution >= 4 is 36.8 Å². The van der Waals surface area contributed by atoms with Crippen LogP contribution in [0, 0.1) is 0 Å². The molecule has 4 nitrogen and oxygen atoms in total. The van der Waals surface area contributed by atoms with Crippen LogP contribution in [0.3, 0.4) is 0 Å². The molecule has 0 aromatic heterocycles. The molecule has 0 rings (SSSR count). The molecule has 0 aliphatic carbocycles. The maximum atomic E-state index is 9.00. The number of hydrogen-bond acceptors (Lipinski definition) is 2. The van der Waals surface area contributed by atoms with E-state index in [0.29, 0.717) is 0 Å². The van der Waals surface area contributed by atoms with Crippen LogP contribution < -0.4 is 0 Å². The van der Waals surface area contributed by atoms with Gasteiger partial charge in [0.25, 0.3) is 11.9 Å². The number of aliphatic carboxylic acids is 2. The molecule has 0 atom stereocenters. The molecular formula is C4H10Cl2O4Zr. The molecule has 68 valence electrons. The fourth-order valence-corrected chi connectivity index (χ4v) is 0. The molecule has 0 unspecified atom stereocenters. The first kappa shape index (κ1) is 30.1. The number of halogens is 2. The van der Waals surface area contributed by atoms with Gasteiger partial charge in [0.2, 0.25) is 0 Å². The van der Waals surface area contributed by atoms with Gasteiger partial charge in [-0.15, -0.1) is 24.8 Å². The third-order valence-corrected chi connectivity index (χ3v) is 0. The fraction of sp³-hybridized carbons (Fsp3) is 0.500. The van der Waals surface area contributed by atoms with Crippen molar-refractivity contribution in [2.75, 3.05) is 0 Å². The van der Waals surface area contributed by atoms with Crippen LogP contribution in [0.4, 0.5) is 0 Å². The van der Waals surface area contributed by atoms with E-state index in [1.165, 1.54) is 0 Å². The maximum Gasteiger partial charge on any atom is 0.300 e. The van der Waals surface area contributed by atoms with Crippen molar-refractivity contribution in [1.29, 1.82) is 0 Å². The summed E-state index contributed by atoms with van der Waals surface area (Å²) >= 11 is 0. The van der Waals surface area contributed by atoms with E-state index in [2.05, 4.69) is 0 Å². The Hall–Kier alpha value is 0.403. The Morgan fingerprint density at radius 1 is 0.909 bits per heavy atom. The summed E-state index contributed by atoms with van der Waals surface area (Å²) < 4.78 is 0. The molecule has 0 saturated carbocycles. The standard InChI is InChI=1S/2C2H4O2.2ClH.Zr/c2*1-2(3)4;;;/h2*1H3,(H,3,4);2*1H;. The Labute approximate surface area is 96.3 Å². The van der Waals surface area contributed by atoms with Gasteiger partial charge < -0.3 is 10.2 Å². The first-order valence-electron chi connectivity index (χ1n) is 1.86. The first-order chi connectivity index (χ1) is 3.46. The van der Waals surface area contributed by atoms with E-state index >= 15 is 0 Å². The third-order valence-electron chi connectivity index (χ3n) is 0. The molecule has 0 amide bonds. The van der Waals surface area contributed by atoms with Crippen molar-refractivity contribution in [3.8, 4) is 0 Å². The Balaban J connectivity index is -0.0000000171. The largest absolute Gasteiger partial charge is 0.481 e. The van der Waals surface area contributed by atoms with Crippen LogP contribution >= 0.6 is 24.8 Å². The van der Waals surface area contributed by atoms with E-state index in [1.54, 1.807) is 0 Å². The van der Waals surface area contributed by atoms with Crippen LogP contribution in [-0.4, -0.2) is 22.2 Å². The quantitative estimate of drug-likeness (QED) is 0.696. The fourth-order valence-electron chi connectivity index (χ4n) is 0. The molecule has 0 bridgehead atoms. The van der Waals surface area contributed by atoms with E-state index in [9.17, 15) is 0 Å². The minimum Gasteiger partial charge on any atom is -0.481 e. The summed E-state index contributed by atoms with van der Waals surface area (Å²) in [5, 5.41) is 14.8. The second kappa shape index (κ2) is 22.4. The van der Waals surface area contributed by atoms with Crippen LogP contribution in [0.25, 0.3) is 0 Å². The summed E-state index contributed by atoms with van der Waals surface area (Å²) in [7, 11) is 0. The molecule has 7 heteroatoms. The van der Waals surface area contributed by atoms with Crippen LogP contribution in [0.15, 0.2) is 0 Å². The number of rotatable bonds is 0. The van der Waals surface area contributed by atoms with Gasteiger partial charge in [-0.1, -0.05) is 0 Å².